The van der Waals surface area contributed by atoms with Crippen LogP contribution >= 0.6 is 0 Å². The number of hydrogen-bond acceptors (Lipinski definition) is 7. The van der Waals surface area contributed by atoms with Crippen molar-refractivity contribution >= 4 is 0 Å². The molecule has 3 aromatic rings. The van der Waals surface area contributed by atoms with E-state index >= 15 is 0 Å². The highest BCUT2D eigenvalue weighted by atomic mass is 19.1. The summed E-state index contributed by atoms with van der Waals surface area (Å²) in [6.07, 6.45) is 3.27. The maximum atomic E-state index is 13.1. The van der Waals surface area contributed by atoms with Gasteiger partial charge in [0.25, 0.3) is 0 Å². The first-order valence-corrected chi connectivity index (χ1v) is 11.6. The number of benzene rings is 2. The summed E-state index contributed by atoms with van der Waals surface area (Å²) in [7, 11) is 1.60. The van der Waals surface area contributed by atoms with Crippen LogP contribution in [-0.4, -0.2) is 70.0 Å². The molecule has 2 N–H and O–H groups in total. The first-order chi connectivity index (χ1) is 16.8. The molecule has 0 aliphatic carbocycles. The van der Waals surface area contributed by atoms with Crippen molar-refractivity contribution in [2.75, 3.05) is 33.4 Å². The van der Waals surface area contributed by atoms with Crippen molar-refractivity contribution in [2.24, 2.45) is 0 Å². The molecule has 9 heteroatoms. The lowest BCUT2D eigenvalue weighted by molar-refractivity contribution is -0.140. The van der Waals surface area contributed by atoms with Crippen LogP contribution in [0, 0.1) is 12.7 Å². The number of ether oxygens (including phenoxy) is 3. The monoisotopic (exact) mass is 485 g/mol. The largest absolute Gasteiger partial charge is 0.493 e. The van der Waals surface area contributed by atoms with Gasteiger partial charge in [-0.3, -0.25) is 9.58 Å². The molecule has 2 atom stereocenters. The highest BCUT2D eigenvalue weighted by Gasteiger charge is 2.42. The van der Waals surface area contributed by atoms with Crippen LogP contribution in [0.1, 0.15) is 17.5 Å². The number of β-amino-alcohol motifs (C(OH)–C–C–N with tert-alkyl or cyclic N) is 1. The predicted molar refractivity (Wildman–Crippen MR) is 128 cm³/mol. The molecule has 1 saturated heterocycles. The Morgan fingerprint density at radius 2 is 1.94 bits per heavy atom. The second-order valence-corrected chi connectivity index (χ2v) is 8.98. The van der Waals surface area contributed by atoms with Gasteiger partial charge in [0.15, 0.2) is 11.5 Å². The summed E-state index contributed by atoms with van der Waals surface area (Å²) in [6.45, 7) is 4.42. The minimum atomic E-state index is -1.44. The second-order valence-electron chi connectivity index (χ2n) is 8.98. The highest BCUT2D eigenvalue weighted by Crippen LogP contribution is 2.30. The van der Waals surface area contributed by atoms with Gasteiger partial charge in [-0.2, -0.15) is 5.10 Å². The molecule has 2 heterocycles. The number of aliphatic hydroxyl groups is 2. The number of aliphatic hydroxyl groups excluding tert-OH is 1. The topological polar surface area (TPSA) is 89.2 Å². The van der Waals surface area contributed by atoms with E-state index in [1.165, 1.54) is 24.3 Å². The lowest BCUT2D eigenvalue weighted by Gasteiger charge is -2.42. The standard InChI is InChI=1S/C26H32FN3O5/c1-19-14-28-30(15-19)11-12-34-23-8-3-20(13-24(23)33-2)16-29-10-9-25(31)26(32,17-29)18-35-22-6-4-21(27)5-7-22/h3-8,13-15,25,31-32H,9-12,16-18H2,1-2H3/t25-,26-/m0/s1. The van der Waals surface area contributed by atoms with Crippen LogP contribution in [0.5, 0.6) is 17.2 Å². The number of methoxy groups -OCH3 is 1. The Balaban J connectivity index is 1.34. The first-order valence-electron chi connectivity index (χ1n) is 11.6. The Morgan fingerprint density at radius 1 is 1.14 bits per heavy atom. The third-order valence-electron chi connectivity index (χ3n) is 6.11. The fraction of sp³-hybridized carbons (Fsp3) is 0.423. The zero-order valence-corrected chi connectivity index (χ0v) is 20.1. The van der Waals surface area contributed by atoms with Crippen molar-refractivity contribution in [3.05, 3.63) is 71.8 Å². The highest BCUT2D eigenvalue weighted by molar-refractivity contribution is 5.43. The van der Waals surface area contributed by atoms with E-state index in [2.05, 4.69) is 10.00 Å². The van der Waals surface area contributed by atoms with Crippen molar-refractivity contribution in [2.45, 2.75) is 38.1 Å². The van der Waals surface area contributed by atoms with E-state index in [1.54, 1.807) is 7.11 Å². The van der Waals surface area contributed by atoms with Crippen LogP contribution in [-0.2, 0) is 13.1 Å². The fourth-order valence-corrected chi connectivity index (χ4v) is 4.19. The van der Waals surface area contributed by atoms with Crippen LogP contribution in [0.15, 0.2) is 54.9 Å². The molecule has 1 fully saturated rings. The van der Waals surface area contributed by atoms with Crippen molar-refractivity contribution in [3.63, 3.8) is 0 Å². The zero-order chi connectivity index (χ0) is 24.8. The van der Waals surface area contributed by atoms with Gasteiger partial charge in [-0.1, -0.05) is 6.07 Å². The van der Waals surface area contributed by atoms with E-state index in [1.807, 2.05) is 42.2 Å². The molecule has 0 saturated carbocycles. The van der Waals surface area contributed by atoms with Crippen LogP contribution in [0.3, 0.4) is 0 Å². The average molecular weight is 486 g/mol. The predicted octanol–water partition coefficient (Wildman–Crippen LogP) is 2.79. The number of piperidine rings is 1. The summed E-state index contributed by atoms with van der Waals surface area (Å²) in [6, 6.07) is 11.4. The van der Waals surface area contributed by atoms with E-state index in [0.717, 1.165) is 11.1 Å². The lowest BCUT2D eigenvalue weighted by atomic mass is 9.90. The Labute approximate surface area is 204 Å². The van der Waals surface area contributed by atoms with Gasteiger partial charge in [0.05, 0.1) is 26.0 Å². The van der Waals surface area contributed by atoms with Crippen LogP contribution < -0.4 is 14.2 Å². The van der Waals surface area contributed by atoms with Gasteiger partial charge in [0, 0.05) is 25.8 Å². The van der Waals surface area contributed by atoms with Gasteiger partial charge in [0.1, 0.15) is 30.4 Å². The van der Waals surface area contributed by atoms with Gasteiger partial charge < -0.3 is 24.4 Å². The van der Waals surface area contributed by atoms with E-state index < -0.39 is 11.7 Å². The van der Waals surface area contributed by atoms with Crippen LogP contribution in [0.2, 0.25) is 0 Å². The lowest BCUT2D eigenvalue weighted by Crippen LogP contribution is -2.59. The Hall–Kier alpha value is -3.14. The maximum absolute atomic E-state index is 13.1. The summed E-state index contributed by atoms with van der Waals surface area (Å²) in [4.78, 5) is 2.07. The molecular formula is C26H32FN3O5. The number of aromatic nitrogens is 2. The van der Waals surface area contributed by atoms with Crippen LogP contribution in [0.25, 0.3) is 0 Å². The third kappa shape index (κ3) is 6.50. The van der Waals surface area contributed by atoms with E-state index in [-0.39, 0.29) is 19.0 Å². The molecule has 0 bridgehead atoms. The summed E-state index contributed by atoms with van der Waals surface area (Å²) >= 11 is 0. The SMILES string of the molecule is COc1cc(CN2CC[C@H](O)[C@@](O)(COc3ccc(F)cc3)C2)ccc1OCCn1cc(C)cn1. The molecule has 188 valence electrons. The molecule has 4 rings (SSSR count). The molecule has 1 aromatic heterocycles. The molecule has 0 unspecified atom stereocenters. The summed E-state index contributed by atoms with van der Waals surface area (Å²) in [5, 5.41) is 25.8. The normalized spacial score (nSPS) is 20.5. The Bertz CT molecular complexity index is 1110. The van der Waals surface area contributed by atoms with Gasteiger partial charge in [-0.25, -0.2) is 4.39 Å². The zero-order valence-electron chi connectivity index (χ0n) is 20.1. The molecule has 35 heavy (non-hydrogen) atoms. The van der Waals surface area contributed by atoms with E-state index in [0.29, 0.717) is 49.9 Å². The van der Waals surface area contributed by atoms with Gasteiger partial charge >= 0.3 is 0 Å². The first kappa shape index (κ1) is 25.0. The fourth-order valence-electron chi connectivity index (χ4n) is 4.19. The summed E-state index contributed by atoms with van der Waals surface area (Å²) in [5.74, 6) is 1.36. The van der Waals surface area contributed by atoms with E-state index in [9.17, 15) is 14.6 Å². The van der Waals surface area contributed by atoms with Crippen molar-refractivity contribution in [1.29, 1.82) is 0 Å². The quantitative estimate of drug-likeness (QED) is 0.457. The molecule has 1 aliphatic rings. The molecule has 0 amide bonds. The number of nitrogens with zero attached hydrogens (tertiary/aromatic N) is 3. The van der Waals surface area contributed by atoms with Gasteiger partial charge in [-0.05, 0) is 60.9 Å². The molecule has 2 aromatic carbocycles. The van der Waals surface area contributed by atoms with Crippen molar-refractivity contribution in [1.82, 2.24) is 14.7 Å². The third-order valence-corrected chi connectivity index (χ3v) is 6.11. The summed E-state index contributed by atoms with van der Waals surface area (Å²) < 4.78 is 32.0. The van der Waals surface area contributed by atoms with Crippen molar-refractivity contribution in [3.8, 4) is 17.2 Å². The number of halogens is 1. The number of likely N-dealkylation sites (tertiary alicyclic amines) is 1. The molecule has 0 spiro atoms. The molecule has 1 aliphatic heterocycles. The average Bonchev–Trinajstić information content (AvgIpc) is 3.27. The van der Waals surface area contributed by atoms with Gasteiger partial charge in [0.2, 0.25) is 0 Å². The molecule has 8 nitrogen and oxygen atoms in total. The number of aryl methyl sites for hydroxylation is 1. The second kappa shape index (κ2) is 11.1. The van der Waals surface area contributed by atoms with Gasteiger partial charge in [-0.15, -0.1) is 0 Å². The number of hydrogen-bond donors (Lipinski definition) is 2. The van der Waals surface area contributed by atoms with Crippen LogP contribution in [0.4, 0.5) is 4.39 Å². The Kier molecular flexibility index (Phi) is 7.90. The molecule has 0 radical (unpaired) electrons. The minimum Gasteiger partial charge on any atom is -0.493 e. The Morgan fingerprint density at radius 3 is 2.66 bits per heavy atom. The minimum absolute atomic E-state index is 0.0951. The number of rotatable bonds is 10. The summed E-state index contributed by atoms with van der Waals surface area (Å²) in [5.41, 5.74) is 0.658. The van der Waals surface area contributed by atoms with Crippen molar-refractivity contribution < 1.29 is 28.8 Å². The van der Waals surface area contributed by atoms with E-state index in [4.69, 9.17) is 14.2 Å². The maximum Gasteiger partial charge on any atom is 0.161 e. The smallest absolute Gasteiger partial charge is 0.161 e. The molecular weight excluding hydrogens is 453 g/mol.